The first-order chi connectivity index (χ1) is 19.8. The molecule has 1 aliphatic rings. The van der Waals surface area contributed by atoms with Gasteiger partial charge in [-0.3, -0.25) is 4.79 Å². The number of esters is 1. The highest BCUT2D eigenvalue weighted by Gasteiger charge is 2.41. The second-order valence-corrected chi connectivity index (χ2v) is 19.3. The van der Waals surface area contributed by atoms with Crippen LogP contribution in [0.15, 0.2) is 29.5 Å². The van der Waals surface area contributed by atoms with Gasteiger partial charge in [-0.2, -0.15) is 0 Å². The fourth-order valence-corrected chi connectivity index (χ4v) is 6.34. The maximum Gasteiger partial charge on any atom is 0.309 e. The molecule has 1 fully saturated rings. The van der Waals surface area contributed by atoms with Crippen molar-refractivity contribution in [2.45, 2.75) is 111 Å². The Morgan fingerprint density at radius 2 is 1.93 bits per heavy atom. The zero-order chi connectivity index (χ0) is 31.2. The van der Waals surface area contributed by atoms with Gasteiger partial charge in [-0.1, -0.05) is 58.5 Å². The maximum atomic E-state index is 12.5. The molecule has 0 amide bonds. The van der Waals surface area contributed by atoms with Crippen LogP contribution in [-0.4, -0.2) is 55.3 Å². The lowest BCUT2D eigenvalue weighted by Crippen LogP contribution is -2.38. The van der Waals surface area contributed by atoms with Crippen molar-refractivity contribution < 1.29 is 24.1 Å². The van der Waals surface area contributed by atoms with E-state index >= 15 is 0 Å². The number of nitrogens with zero attached hydrogens (tertiary/aromatic N) is 4. The third-order valence-electron chi connectivity index (χ3n) is 9.07. The zero-order valence-electron chi connectivity index (χ0n) is 27.0. The molecule has 42 heavy (non-hydrogen) atoms. The summed E-state index contributed by atoms with van der Waals surface area (Å²) in [5.74, 6) is -0.368. The number of methoxy groups -OCH3 is 1. The van der Waals surface area contributed by atoms with Crippen LogP contribution in [0.2, 0.25) is 19.6 Å². The van der Waals surface area contributed by atoms with Gasteiger partial charge in [0.05, 0.1) is 31.7 Å². The summed E-state index contributed by atoms with van der Waals surface area (Å²) < 4.78 is 19.5. The Bertz CT molecular complexity index is 1230. The number of azide groups is 1. The van der Waals surface area contributed by atoms with Crippen molar-refractivity contribution >= 4 is 24.9 Å². The van der Waals surface area contributed by atoms with Gasteiger partial charge in [0.15, 0.2) is 0 Å². The molecule has 6 atom stereocenters. The fraction of sp³-hybridized carbons (Fsp3) is 0.719. The number of benzene rings is 1. The van der Waals surface area contributed by atoms with Crippen LogP contribution < -0.4 is 0 Å². The quantitative estimate of drug-likeness (QED) is 0.0537. The summed E-state index contributed by atoms with van der Waals surface area (Å²) in [7, 11) is 0.283. The molecule has 1 N–H and O–H groups in total. The second-order valence-electron chi connectivity index (χ2n) is 13.7. The number of aliphatic hydroxyl groups is 1. The number of cyclic esters (lactones) is 1. The van der Waals surface area contributed by atoms with Gasteiger partial charge in [0.1, 0.15) is 12.8 Å². The molecule has 0 aliphatic carbocycles. The lowest BCUT2D eigenvalue weighted by Gasteiger charge is -2.30. The molecule has 2 aromatic rings. The highest BCUT2D eigenvalue weighted by molar-refractivity contribution is 6.77. The molecular weight excluding hydrogens is 548 g/mol. The number of fused-ring (bicyclic) bond motifs is 1. The SMILES string of the molecule is COCCCc1cn(COC(C)[Si](C)(C)C)c2ccc(C(O)C(CC(N=[N+]=[N-])C3CC(C(C)C)C(=O)O3)C(C)C)cc12. The largest absolute Gasteiger partial charge is 0.462 e. The van der Waals surface area contributed by atoms with Crippen LogP contribution in [0.3, 0.4) is 0 Å². The van der Waals surface area contributed by atoms with E-state index in [4.69, 9.17) is 14.2 Å². The number of hydrogen-bond acceptors (Lipinski definition) is 6. The summed E-state index contributed by atoms with van der Waals surface area (Å²) in [6, 6.07) is 5.63. The molecule has 0 bridgehead atoms. The predicted octanol–water partition coefficient (Wildman–Crippen LogP) is 7.42. The lowest BCUT2D eigenvalue weighted by molar-refractivity contribution is -0.146. The van der Waals surface area contributed by atoms with E-state index in [-0.39, 0.29) is 35.4 Å². The molecule has 1 aromatic heterocycles. The first-order valence-corrected chi connectivity index (χ1v) is 19.0. The Hall–Kier alpha value is -2.36. The van der Waals surface area contributed by atoms with E-state index in [9.17, 15) is 15.4 Å². The summed E-state index contributed by atoms with van der Waals surface area (Å²) in [5.41, 5.74) is 12.7. The summed E-state index contributed by atoms with van der Waals surface area (Å²) in [6.07, 6.45) is 3.63. The molecule has 1 aliphatic heterocycles. The van der Waals surface area contributed by atoms with Gasteiger partial charge in [0.2, 0.25) is 0 Å². The van der Waals surface area contributed by atoms with Gasteiger partial charge in [-0.05, 0) is 79.2 Å². The van der Waals surface area contributed by atoms with E-state index in [0.29, 0.717) is 26.2 Å². The predicted molar refractivity (Wildman–Crippen MR) is 170 cm³/mol. The number of carbonyl (C=O) groups is 1. The molecule has 6 unspecified atom stereocenters. The van der Waals surface area contributed by atoms with Crippen molar-refractivity contribution in [1.29, 1.82) is 0 Å². The standard InChI is InChI=1S/C32H52N4O5Si/c1-20(2)25(16-28(34-35-33)30-17-26(21(3)4)32(38)41-30)31(37)23-12-13-29-27(15-23)24(11-10-14-39-6)18-36(29)19-40-22(5)42(7,8)9/h12-13,15,18,20-22,25-26,28,30-31,37H,10-11,14,16-17,19H2,1-9H3. The topological polar surface area (TPSA) is 119 Å². The van der Waals surface area contributed by atoms with Gasteiger partial charge in [-0.15, -0.1) is 0 Å². The van der Waals surface area contributed by atoms with Crippen LogP contribution in [0.5, 0.6) is 0 Å². The normalized spacial score (nSPS) is 20.5. The zero-order valence-corrected chi connectivity index (χ0v) is 28.0. The highest BCUT2D eigenvalue weighted by Crippen LogP contribution is 2.38. The first-order valence-electron chi connectivity index (χ1n) is 15.4. The van der Waals surface area contributed by atoms with Crippen molar-refractivity contribution in [2.75, 3.05) is 13.7 Å². The summed E-state index contributed by atoms with van der Waals surface area (Å²) in [6.45, 7) is 18.4. The van der Waals surface area contributed by atoms with Gasteiger partial charge in [0.25, 0.3) is 0 Å². The van der Waals surface area contributed by atoms with Crippen LogP contribution in [0.25, 0.3) is 21.3 Å². The van der Waals surface area contributed by atoms with E-state index in [2.05, 4.69) is 73.3 Å². The van der Waals surface area contributed by atoms with Crippen molar-refractivity contribution in [2.24, 2.45) is 28.8 Å². The number of ether oxygens (including phenoxy) is 3. The van der Waals surface area contributed by atoms with Gasteiger partial charge in [0, 0.05) is 35.9 Å². The van der Waals surface area contributed by atoms with Crippen LogP contribution in [-0.2, 0) is 32.2 Å². The number of aliphatic hydroxyl groups excluding tert-OH is 1. The van der Waals surface area contributed by atoms with E-state index in [0.717, 1.165) is 29.3 Å². The first kappa shape index (κ1) is 34.1. The second kappa shape index (κ2) is 14.9. The molecule has 0 radical (unpaired) electrons. The van der Waals surface area contributed by atoms with Crippen molar-refractivity contribution in [1.82, 2.24) is 4.57 Å². The minimum atomic E-state index is -1.43. The Kier molecular flexibility index (Phi) is 12.1. The molecule has 0 spiro atoms. The molecule has 1 saturated heterocycles. The number of aromatic nitrogens is 1. The number of aryl methyl sites for hydroxylation is 1. The van der Waals surface area contributed by atoms with E-state index in [1.807, 2.05) is 19.9 Å². The van der Waals surface area contributed by atoms with Gasteiger partial charge < -0.3 is 23.9 Å². The molecule has 234 valence electrons. The van der Waals surface area contributed by atoms with Crippen molar-refractivity contribution in [3.63, 3.8) is 0 Å². The lowest BCUT2D eigenvalue weighted by atomic mass is 9.80. The molecule has 10 heteroatoms. The Balaban J connectivity index is 1.90. The molecule has 2 heterocycles. The van der Waals surface area contributed by atoms with Crippen LogP contribution in [0, 0.1) is 23.7 Å². The third kappa shape index (κ3) is 8.38. The Morgan fingerprint density at radius 3 is 2.50 bits per heavy atom. The number of rotatable bonds is 16. The number of hydrogen-bond donors (Lipinski definition) is 1. The smallest absolute Gasteiger partial charge is 0.309 e. The van der Waals surface area contributed by atoms with Gasteiger partial charge in [-0.25, -0.2) is 0 Å². The van der Waals surface area contributed by atoms with Crippen molar-refractivity contribution in [3.05, 3.63) is 46.0 Å². The van der Waals surface area contributed by atoms with E-state index in [1.54, 1.807) is 7.11 Å². The highest BCUT2D eigenvalue weighted by atomic mass is 28.3. The minimum Gasteiger partial charge on any atom is -0.462 e. The van der Waals surface area contributed by atoms with Gasteiger partial charge >= 0.3 is 5.97 Å². The van der Waals surface area contributed by atoms with Crippen LogP contribution in [0.4, 0.5) is 0 Å². The molecule has 1 aromatic carbocycles. The summed E-state index contributed by atoms with van der Waals surface area (Å²) in [4.78, 5) is 15.6. The minimum absolute atomic E-state index is 0.104. The molecular formula is C32H52N4O5Si. The average molecular weight is 601 g/mol. The molecule has 3 rings (SSSR count). The fourth-order valence-electron chi connectivity index (χ4n) is 5.77. The molecule has 9 nitrogen and oxygen atoms in total. The summed E-state index contributed by atoms with van der Waals surface area (Å²) >= 11 is 0. The van der Waals surface area contributed by atoms with E-state index < -0.39 is 26.3 Å². The van der Waals surface area contributed by atoms with Crippen LogP contribution in [0.1, 0.15) is 71.1 Å². The van der Waals surface area contributed by atoms with E-state index in [1.165, 1.54) is 5.56 Å². The monoisotopic (exact) mass is 600 g/mol. The Morgan fingerprint density at radius 1 is 1.21 bits per heavy atom. The Labute approximate surface area is 252 Å². The average Bonchev–Trinajstić information content (AvgIpc) is 3.48. The molecule has 0 saturated carbocycles. The van der Waals surface area contributed by atoms with Crippen molar-refractivity contribution in [3.8, 4) is 0 Å². The number of carbonyl (C=O) groups excluding carboxylic acids is 1. The van der Waals surface area contributed by atoms with Crippen LogP contribution >= 0.6 is 0 Å². The maximum absolute atomic E-state index is 12.5. The third-order valence-corrected chi connectivity index (χ3v) is 11.7. The summed E-state index contributed by atoms with van der Waals surface area (Å²) in [5, 5.41) is 16.9.